The average Bonchev–Trinajstić information content (AvgIpc) is 2.15. The first-order valence-corrected chi connectivity index (χ1v) is 2.91. The largest absolute Gasteiger partial charge is 0.308 e. The molecule has 0 unspecified atom stereocenters. The molecule has 0 fully saturated rings. The van der Waals surface area contributed by atoms with Crippen molar-refractivity contribution in [1.29, 1.82) is 0 Å². The quantitative estimate of drug-likeness (QED) is 0.554. The molecule has 2 nitrogen and oxygen atoms in total. The van der Waals surface area contributed by atoms with Gasteiger partial charge in [0.15, 0.2) is 0 Å². The maximum atomic E-state index is 12.4. The Morgan fingerprint density at radius 1 is 1.78 bits per heavy atom. The molecular formula is C6H9FN2. The Bertz CT molecular complexity index is 205. The lowest BCUT2D eigenvalue weighted by atomic mass is 10.4. The summed E-state index contributed by atoms with van der Waals surface area (Å²) in [7, 11) is 1.67. The van der Waals surface area contributed by atoms with Crippen molar-refractivity contribution < 1.29 is 4.39 Å². The van der Waals surface area contributed by atoms with Gasteiger partial charge in [-0.3, -0.25) is 0 Å². The van der Waals surface area contributed by atoms with Crippen molar-refractivity contribution in [2.45, 2.75) is 13.3 Å². The molecule has 0 spiro atoms. The SMILES string of the molecule is CCc1cnc(F)n1C. The highest BCUT2D eigenvalue weighted by Gasteiger charge is 2.00. The number of aromatic nitrogens is 2. The molecule has 0 saturated heterocycles. The number of nitrogens with zero attached hydrogens (tertiary/aromatic N) is 2. The van der Waals surface area contributed by atoms with Crippen LogP contribution in [0.5, 0.6) is 0 Å². The van der Waals surface area contributed by atoms with Crippen LogP contribution < -0.4 is 0 Å². The molecule has 0 radical (unpaired) electrons. The molecule has 0 aliphatic rings. The highest BCUT2D eigenvalue weighted by molar-refractivity contribution is 4.97. The third kappa shape index (κ3) is 0.943. The van der Waals surface area contributed by atoms with Crippen LogP contribution in [0.15, 0.2) is 6.20 Å². The van der Waals surface area contributed by atoms with Gasteiger partial charge in [0.2, 0.25) is 0 Å². The van der Waals surface area contributed by atoms with E-state index >= 15 is 0 Å². The molecule has 0 aromatic carbocycles. The fraction of sp³-hybridized carbons (Fsp3) is 0.500. The van der Waals surface area contributed by atoms with Crippen LogP contribution in [0, 0.1) is 6.08 Å². The molecule has 1 aromatic rings. The maximum absolute atomic E-state index is 12.4. The summed E-state index contributed by atoms with van der Waals surface area (Å²) in [5.41, 5.74) is 0.924. The number of aryl methyl sites for hydroxylation is 1. The first-order chi connectivity index (χ1) is 4.25. The van der Waals surface area contributed by atoms with E-state index in [0.29, 0.717) is 0 Å². The Hall–Kier alpha value is -0.860. The molecule has 1 aromatic heterocycles. The van der Waals surface area contributed by atoms with Crippen LogP contribution >= 0.6 is 0 Å². The summed E-state index contributed by atoms with van der Waals surface area (Å²) in [5, 5.41) is 0. The molecule has 0 saturated carbocycles. The van der Waals surface area contributed by atoms with Gasteiger partial charge >= 0.3 is 0 Å². The van der Waals surface area contributed by atoms with Crippen molar-refractivity contribution in [2.24, 2.45) is 7.05 Å². The van der Waals surface area contributed by atoms with Gasteiger partial charge in [0, 0.05) is 12.7 Å². The topological polar surface area (TPSA) is 17.8 Å². The first-order valence-electron chi connectivity index (χ1n) is 2.91. The summed E-state index contributed by atoms with van der Waals surface area (Å²) in [6, 6.07) is 0. The van der Waals surface area contributed by atoms with Crippen LogP contribution in [0.1, 0.15) is 12.6 Å². The zero-order valence-electron chi connectivity index (χ0n) is 5.56. The Labute approximate surface area is 53.3 Å². The molecule has 0 aliphatic carbocycles. The third-order valence-corrected chi connectivity index (χ3v) is 1.39. The van der Waals surface area contributed by atoms with Crippen molar-refractivity contribution in [2.75, 3.05) is 0 Å². The second kappa shape index (κ2) is 2.17. The molecule has 0 atom stereocenters. The third-order valence-electron chi connectivity index (χ3n) is 1.39. The molecule has 0 amide bonds. The molecule has 1 heterocycles. The summed E-state index contributed by atoms with van der Waals surface area (Å²) in [6.07, 6.45) is 1.97. The van der Waals surface area contributed by atoms with Crippen LogP contribution in [0.25, 0.3) is 0 Å². The molecule has 3 heteroatoms. The minimum absolute atomic E-state index is 0.410. The second-order valence-corrected chi connectivity index (χ2v) is 1.93. The summed E-state index contributed by atoms with van der Waals surface area (Å²) in [5.74, 6) is 0. The van der Waals surface area contributed by atoms with Crippen LogP contribution in [0.4, 0.5) is 4.39 Å². The van der Waals surface area contributed by atoms with Gasteiger partial charge in [-0.1, -0.05) is 6.92 Å². The van der Waals surface area contributed by atoms with E-state index in [0.717, 1.165) is 12.1 Å². The van der Waals surface area contributed by atoms with Crippen LogP contribution in [-0.2, 0) is 13.5 Å². The van der Waals surface area contributed by atoms with E-state index in [1.54, 1.807) is 13.2 Å². The van der Waals surface area contributed by atoms with Gasteiger partial charge in [-0.2, -0.15) is 4.39 Å². The van der Waals surface area contributed by atoms with Crippen molar-refractivity contribution in [3.05, 3.63) is 18.0 Å². The number of imidazole rings is 1. The average molecular weight is 128 g/mol. The summed E-state index contributed by atoms with van der Waals surface area (Å²) in [6.45, 7) is 1.97. The maximum Gasteiger partial charge on any atom is 0.289 e. The highest BCUT2D eigenvalue weighted by Crippen LogP contribution is 2.00. The van der Waals surface area contributed by atoms with Gasteiger partial charge in [0.1, 0.15) is 0 Å². The highest BCUT2D eigenvalue weighted by atomic mass is 19.1. The Morgan fingerprint density at radius 2 is 2.44 bits per heavy atom. The smallest absolute Gasteiger partial charge is 0.289 e. The minimum atomic E-state index is -0.410. The second-order valence-electron chi connectivity index (χ2n) is 1.93. The van der Waals surface area contributed by atoms with E-state index in [4.69, 9.17) is 0 Å². The van der Waals surface area contributed by atoms with E-state index < -0.39 is 6.08 Å². The van der Waals surface area contributed by atoms with E-state index in [2.05, 4.69) is 4.98 Å². The molecule has 1 rings (SSSR count). The van der Waals surface area contributed by atoms with Crippen LogP contribution in [0.3, 0.4) is 0 Å². The van der Waals surface area contributed by atoms with Crippen LogP contribution in [0.2, 0.25) is 0 Å². The number of halogens is 1. The van der Waals surface area contributed by atoms with E-state index in [-0.39, 0.29) is 0 Å². The van der Waals surface area contributed by atoms with E-state index in [1.807, 2.05) is 6.92 Å². The predicted molar refractivity (Wildman–Crippen MR) is 32.5 cm³/mol. The Morgan fingerprint density at radius 3 is 2.67 bits per heavy atom. The first kappa shape index (κ1) is 6.26. The molecule has 0 N–H and O–H groups in total. The lowest BCUT2D eigenvalue weighted by Crippen LogP contribution is -1.96. The number of rotatable bonds is 1. The van der Waals surface area contributed by atoms with Gasteiger partial charge in [-0.25, -0.2) is 4.98 Å². The van der Waals surface area contributed by atoms with E-state index in [1.165, 1.54) is 4.57 Å². The lowest BCUT2D eigenvalue weighted by molar-refractivity contribution is 0.494. The summed E-state index contributed by atoms with van der Waals surface area (Å²) >= 11 is 0. The van der Waals surface area contributed by atoms with Gasteiger partial charge in [0.05, 0.1) is 6.20 Å². The molecule has 0 bridgehead atoms. The van der Waals surface area contributed by atoms with Gasteiger partial charge in [0.25, 0.3) is 6.08 Å². The summed E-state index contributed by atoms with van der Waals surface area (Å²) in [4.78, 5) is 3.48. The van der Waals surface area contributed by atoms with Crippen molar-refractivity contribution in [3.8, 4) is 0 Å². The molecule has 50 valence electrons. The minimum Gasteiger partial charge on any atom is -0.308 e. The zero-order valence-corrected chi connectivity index (χ0v) is 5.56. The standard InChI is InChI=1S/C6H9FN2/c1-3-5-4-8-6(7)9(5)2/h4H,3H2,1-2H3. The fourth-order valence-electron chi connectivity index (χ4n) is 0.748. The van der Waals surface area contributed by atoms with E-state index in [9.17, 15) is 4.39 Å². The lowest BCUT2D eigenvalue weighted by Gasteiger charge is -1.94. The fourth-order valence-corrected chi connectivity index (χ4v) is 0.748. The number of hydrogen-bond acceptors (Lipinski definition) is 1. The van der Waals surface area contributed by atoms with Crippen molar-refractivity contribution >= 4 is 0 Å². The van der Waals surface area contributed by atoms with Gasteiger partial charge in [-0.15, -0.1) is 0 Å². The summed E-state index contributed by atoms with van der Waals surface area (Å²) < 4.78 is 13.8. The monoisotopic (exact) mass is 128 g/mol. The van der Waals surface area contributed by atoms with Gasteiger partial charge in [-0.05, 0) is 6.42 Å². The Balaban J connectivity index is 3.04. The van der Waals surface area contributed by atoms with Crippen molar-refractivity contribution in [3.63, 3.8) is 0 Å². The normalized spacial score (nSPS) is 10.1. The Kier molecular flexibility index (Phi) is 1.51. The number of hydrogen-bond donors (Lipinski definition) is 0. The van der Waals surface area contributed by atoms with Crippen LogP contribution in [-0.4, -0.2) is 9.55 Å². The predicted octanol–water partition coefficient (Wildman–Crippen LogP) is 1.12. The zero-order chi connectivity index (χ0) is 6.85. The molecule has 9 heavy (non-hydrogen) atoms. The van der Waals surface area contributed by atoms with Gasteiger partial charge < -0.3 is 4.57 Å². The molecular weight excluding hydrogens is 119 g/mol. The molecule has 0 aliphatic heterocycles. The van der Waals surface area contributed by atoms with Crippen molar-refractivity contribution in [1.82, 2.24) is 9.55 Å².